The van der Waals surface area contributed by atoms with Crippen LogP contribution in [0.2, 0.25) is 0 Å². The molecule has 25 heavy (non-hydrogen) atoms. The lowest BCUT2D eigenvalue weighted by Crippen LogP contribution is -2.44. The summed E-state index contributed by atoms with van der Waals surface area (Å²) in [5.41, 5.74) is 5.73. The van der Waals surface area contributed by atoms with Gasteiger partial charge in [-0.15, -0.1) is 0 Å². The molecule has 8 heteroatoms. The van der Waals surface area contributed by atoms with Crippen LogP contribution >= 0.6 is 0 Å². The Kier molecular flexibility index (Phi) is 6.21. The van der Waals surface area contributed by atoms with Gasteiger partial charge in [-0.25, -0.2) is 4.79 Å². The third-order valence-corrected chi connectivity index (χ3v) is 3.95. The van der Waals surface area contributed by atoms with Crippen molar-refractivity contribution in [1.82, 2.24) is 4.90 Å². The summed E-state index contributed by atoms with van der Waals surface area (Å²) in [5.74, 6) is -1.50. The number of carboxylic acid groups (broad SMARTS) is 1. The monoisotopic (exact) mass is 350 g/mol. The quantitative estimate of drug-likeness (QED) is 0.753. The second-order valence-corrected chi connectivity index (χ2v) is 5.77. The molecule has 0 aliphatic carbocycles. The maximum atomic E-state index is 12.7. The molecule has 0 spiro atoms. The van der Waals surface area contributed by atoms with Gasteiger partial charge in [-0.05, 0) is 38.0 Å². The molecule has 1 saturated heterocycles. The van der Waals surface area contributed by atoms with Gasteiger partial charge < -0.3 is 25.2 Å². The number of carbonyl (C=O) groups is 3. The molecule has 1 fully saturated rings. The van der Waals surface area contributed by atoms with Crippen LogP contribution in [0.4, 0.5) is 0 Å². The van der Waals surface area contributed by atoms with E-state index in [4.69, 9.17) is 20.3 Å². The number of rotatable bonds is 7. The molecule has 2 rings (SSSR count). The number of piperidine rings is 1. The predicted molar refractivity (Wildman–Crippen MR) is 88.6 cm³/mol. The zero-order valence-electron chi connectivity index (χ0n) is 14.1. The highest BCUT2D eigenvalue weighted by Crippen LogP contribution is 2.29. The van der Waals surface area contributed by atoms with Crippen molar-refractivity contribution in [2.75, 3.05) is 26.3 Å². The van der Waals surface area contributed by atoms with Crippen LogP contribution in [0.15, 0.2) is 18.2 Å². The van der Waals surface area contributed by atoms with Crippen LogP contribution in [0.25, 0.3) is 0 Å². The fourth-order valence-electron chi connectivity index (χ4n) is 2.74. The fourth-order valence-corrected chi connectivity index (χ4v) is 2.74. The Labute approximate surface area is 145 Å². The van der Waals surface area contributed by atoms with Crippen molar-refractivity contribution in [3.63, 3.8) is 0 Å². The highest BCUT2D eigenvalue weighted by Gasteiger charge is 2.28. The lowest BCUT2D eigenvalue weighted by Gasteiger charge is -2.31. The molecule has 1 atom stereocenters. The van der Waals surface area contributed by atoms with Crippen LogP contribution in [-0.2, 0) is 9.59 Å². The predicted octanol–water partition coefficient (Wildman–Crippen LogP) is 0.886. The van der Waals surface area contributed by atoms with Gasteiger partial charge in [0.15, 0.2) is 18.1 Å². The van der Waals surface area contributed by atoms with Crippen LogP contribution in [-0.4, -0.2) is 54.1 Å². The molecule has 1 aromatic rings. The van der Waals surface area contributed by atoms with Crippen LogP contribution in [0.1, 0.15) is 30.1 Å². The molecular formula is C17H22N2O6. The summed E-state index contributed by atoms with van der Waals surface area (Å²) in [7, 11) is 0. The number of likely N-dealkylation sites (tertiary alicyclic amines) is 1. The van der Waals surface area contributed by atoms with E-state index in [1.165, 1.54) is 12.1 Å². The first-order valence-electron chi connectivity index (χ1n) is 8.12. The normalized spacial score (nSPS) is 17.0. The number of carboxylic acids is 1. The molecule has 1 aromatic carbocycles. The number of ether oxygens (including phenoxy) is 2. The van der Waals surface area contributed by atoms with Crippen molar-refractivity contribution < 1.29 is 29.0 Å². The standard InChI is InChI=1S/C17H22N2O6/c1-2-24-14-8-11(5-6-13(14)25-10-15(20)21)17(23)19-7-3-4-12(9-19)16(18)22/h5-6,8,12H,2-4,7,9-10H2,1H3,(H2,18,22)(H,20,21). The Hall–Kier alpha value is -2.77. The molecule has 0 saturated carbocycles. The number of amides is 2. The topological polar surface area (TPSA) is 119 Å². The Morgan fingerprint density at radius 2 is 2.04 bits per heavy atom. The molecule has 1 aliphatic rings. The Morgan fingerprint density at radius 1 is 1.28 bits per heavy atom. The van der Waals surface area contributed by atoms with Crippen molar-refractivity contribution in [2.24, 2.45) is 11.7 Å². The fraction of sp³-hybridized carbons (Fsp3) is 0.471. The van der Waals surface area contributed by atoms with Gasteiger partial charge in [0.05, 0.1) is 12.5 Å². The van der Waals surface area contributed by atoms with E-state index in [1.54, 1.807) is 17.9 Å². The number of hydrogen-bond acceptors (Lipinski definition) is 5. The SMILES string of the molecule is CCOc1cc(C(=O)N2CCCC(C(N)=O)C2)ccc1OCC(=O)O. The first kappa shape index (κ1) is 18.6. The highest BCUT2D eigenvalue weighted by molar-refractivity contribution is 5.95. The van der Waals surface area contributed by atoms with Gasteiger partial charge in [-0.1, -0.05) is 0 Å². The average molecular weight is 350 g/mol. The minimum Gasteiger partial charge on any atom is -0.490 e. The van der Waals surface area contributed by atoms with Crippen LogP contribution in [0.3, 0.4) is 0 Å². The average Bonchev–Trinajstić information content (AvgIpc) is 2.60. The number of carbonyl (C=O) groups excluding carboxylic acids is 2. The number of aliphatic carboxylic acids is 1. The zero-order chi connectivity index (χ0) is 18.4. The number of benzene rings is 1. The third kappa shape index (κ3) is 4.85. The summed E-state index contributed by atoms with van der Waals surface area (Å²) in [6.07, 6.45) is 1.41. The van der Waals surface area contributed by atoms with E-state index in [-0.39, 0.29) is 17.6 Å². The Bertz CT molecular complexity index is 661. The molecule has 1 unspecified atom stereocenters. The maximum Gasteiger partial charge on any atom is 0.341 e. The van der Waals surface area contributed by atoms with Crippen LogP contribution in [0.5, 0.6) is 11.5 Å². The minimum absolute atomic E-state index is 0.225. The smallest absolute Gasteiger partial charge is 0.341 e. The second kappa shape index (κ2) is 8.36. The van der Waals surface area contributed by atoms with Gasteiger partial charge in [0.2, 0.25) is 5.91 Å². The lowest BCUT2D eigenvalue weighted by molar-refractivity contribution is -0.139. The summed E-state index contributed by atoms with van der Waals surface area (Å²) < 4.78 is 10.6. The first-order chi connectivity index (χ1) is 11.9. The largest absolute Gasteiger partial charge is 0.490 e. The van der Waals surface area contributed by atoms with Gasteiger partial charge in [0.1, 0.15) is 0 Å². The summed E-state index contributed by atoms with van der Waals surface area (Å²) in [5, 5.41) is 8.71. The molecule has 2 amide bonds. The minimum atomic E-state index is -1.10. The van der Waals surface area contributed by atoms with E-state index in [2.05, 4.69) is 0 Å². The summed E-state index contributed by atoms with van der Waals surface area (Å²) in [6.45, 7) is 2.48. The Balaban J connectivity index is 2.17. The number of nitrogens with two attached hydrogens (primary N) is 1. The van der Waals surface area contributed by atoms with E-state index >= 15 is 0 Å². The van der Waals surface area contributed by atoms with Crippen molar-refractivity contribution >= 4 is 17.8 Å². The van der Waals surface area contributed by atoms with Gasteiger partial charge >= 0.3 is 5.97 Å². The molecular weight excluding hydrogens is 328 g/mol. The molecule has 136 valence electrons. The molecule has 0 bridgehead atoms. The maximum absolute atomic E-state index is 12.7. The number of nitrogens with zero attached hydrogens (tertiary/aromatic N) is 1. The van der Waals surface area contributed by atoms with E-state index in [1.807, 2.05) is 0 Å². The van der Waals surface area contributed by atoms with E-state index in [0.717, 1.165) is 6.42 Å². The molecule has 0 radical (unpaired) electrons. The summed E-state index contributed by atoms with van der Waals surface area (Å²) >= 11 is 0. The lowest BCUT2D eigenvalue weighted by atomic mass is 9.97. The highest BCUT2D eigenvalue weighted by atomic mass is 16.5. The molecule has 1 heterocycles. The third-order valence-electron chi connectivity index (χ3n) is 3.95. The Morgan fingerprint density at radius 3 is 2.68 bits per heavy atom. The van der Waals surface area contributed by atoms with Gasteiger partial charge in [0.25, 0.3) is 5.91 Å². The van der Waals surface area contributed by atoms with Crippen LogP contribution < -0.4 is 15.2 Å². The van der Waals surface area contributed by atoms with Gasteiger partial charge in [0, 0.05) is 18.7 Å². The van der Waals surface area contributed by atoms with E-state index in [0.29, 0.717) is 37.4 Å². The second-order valence-electron chi connectivity index (χ2n) is 5.77. The summed E-state index contributed by atoms with van der Waals surface area (Å²) in [6, 6.07) is 4.59. The molecule has 1 aliphatic heterocycles. The van der Waals surface area contributed by atoms with Crippen molar-refractivity contribution in [3.05, 3.63) is 23.8 Å². The molecule has 3 N–H and O–H groups in total. The van der Waals surface area contributed by atoms with Gasteiger partial charge in [-0.3, -0.25) is 9.59 Å². The van der Waals surface area contributed by atoms with E-state index in [9.17, 15) is 14.4 Å². The van der Waals surface area contributed by atoms with Crippen molar-refractivity contribution in [2.45, 2.75) is 19.8 Å². The summed E-state index contributed by atoms with van der Waals surface area (Å²) in [4.78, 5) is 36.3. The van der Waals surface area contributed by atoms with Crippen molar-refractivity contribution in [3.8, 4) is 11.5 Å². The van der Waals surface area contributed by atoms with E-state index < -0.39 is 18.5 Å². The number of primary amides is 1. The van der Waals surface area contributed by atoms with Gasteiger partial charge in [-0.2, -0.15) is 0 Å². The molecule has 0 aromatic heterocycles. The molecule has 8 nitrogen and oxygen atoms in total. The zero-order valence-corrected chi connectivity index (χ0v) is 14.1. The first-order valence-corrected chi connectivity index (χ1v) is 8.12. The van der Waals surface area contributed by atoms with Crippen LogP contribution in [0, 0.1) is 5.92 Å². The number of hydrogen-bond donors (Lipinski definition) is 2. The van der Waals surface area contributed by atoms with Crippen molar-refractivity contribution in [1.29, 1.82) is 0 Å².